The molecule has 0 aliphatic heterocycles. The maximum atomic E-state index is 12.7. The summed E-state index contributed by atoms with van der Waals surface area (Å²) in [4.78, 5) is 16.8. The van der Waals surface area contributed by atoms with Crippen LogP contribution in [0.15, 0.2) is 29.8 Å². The fraction of sp³-hybridized carbons (Fsp3) is 0.231. The van der Waals surface area contributed by atoms with Crippen LogP contribution in [-0.2, 0) is 17.8 Å². The van der Waals surface area contributed by atoms with Crippen molar-refractivity contribution in [3.63, 3.8) is 0 Å². The van der Waals surface area contributed by atoms with Crippen molar-refractivity contribution in [1.29, 1.82) is 0 Å². The standard InChI is InChI=1S/C13H13FN2OS/c1-9-12(18-8-16-9)6-13(17)15-7-10-2-4-11(14)5-3-10/h2-5,8H,6-7H2,1H3,(H,15,17). The van der Waals surface area contributed by atoms with E-state index in [4.69, 9.17) is 0 Å². The van der Waals surface area contributed by atoms with Gasteiger partial charge in [0.05, 0.1) is 17.6 Å². The molecular formula is C13H13FN2OS. The van der Waals surface area contributed by atoms with Crippen molar-refractivity contribution >= 4 is 17.2 Å². The molecule has 0 bridgehead atoms. The van der Waals surface area contributed by atoms with Crippen LogP contribution in [0.1, 0.15) is 16.1 Å². The molecular weight excluding hydrogens is 251 g/mol. The second-order valence-corrected chi connectivity index (χ2v) is 4.88. The second kappa shape index (κ2) is 5.73. The molecule has 0 spiro atoms. The number of amides is 1. The third-order valence-corrected chi connectivity index (χ3v) is 3.50. The largest absolute Gasteiger partial charge is 0.352 e. The van der Waals surface area contributed by atoms with E-state index in [1.54, 1.807) is 17.6 Å². The summed E-state index contributed by atoms with van der Waals surface area (Å²) in [5.74, 6) is -0.322. The van der Waals surface area contributed by atoms with E-state index in [9.17, 15) is 9.18 Å². The maximum Gasteiger partial charge on any atom is 0.225 e. The summed E-state index contributed by atoms with van der Waals surface area (Å²) in [6, 6.07) is 6.09. The predicted octanol–water partition coefficient (Wildman–Crippen LogP) is 2.45. The Labute approximate surface area is 109 Å². The van der Waals surface area contributed by atoms with Crippen molar-refractivity contribution < 1.29 is 9.18 Å². The van der Waals surface area contributed by atoms with E-state index >= 15 is 0 Å². The number of hydrogen-bond acceptors (Lipinski definition) is 3. The zero-order chi connectivity index (χ0) is 13.0. The predicted molar refractivity (Wildman–Crippen MR) is 68.8 cm³/mol. The maximum absolute atomic E-state index is 12.7. The highest BCUT2D eigenvalue weighted by Gasteiger charge is 2.07. The number of thiazole rings is 1. The van der Waals surface area contributed by atoms with Crippen LogP contribution in [0.2, 0.25) is 0 Å². The van der Waals surface area contributed by atoms with Crippen molar-refractivity contribution in [2.45, 2.75) is 19.9 Å². The fourth-order valence-corrected chi connectivity index (χ4v) is 2.28. The number of hydrogen-bond donors (Lipinski definition) is 1. The van der Waals surface area contributed by atoms with Gasteiger partial charge in [0.25, 0.3) is 0 Å². The molecule has 1 aromatic carbocycles. The Morgan fingerprint density at radius 2 is 2.11 bits per heavy atom. The third-order valence-electron chi connectivity index (χ3n) is 2.57. The Balaban J connectivity index is 1.85. The van der Waals surface area contributed by atoms with Gasteiger partial charge in [-0.3, -0.25) is 4.79 Å². The first-order valence-corrected chi connectivity index (χ1v) is 6.43. The highest BCUT2D eigenvalue weighted by Crippen LogP contribution is 2.12. The Hall–Kier alpha value is -1.75. The summed E-state index contributed by atoms with van der Waals surface area (Å²) in [6.45, 7) is 2.30. The summed E-state index contributed by atoms with van der Waals surface area (Å²) < 4.78 is 12.7. The highest BCUT2D eigenvalue weighted by atomic mass is 32.1. The molecule has 0 aliphatic rings. The smallest absolute Gasteiger partial charge is 0.225 e. The van der Waals surface area contributed by atoms with Crippen molar-refractivity contribution in [1.82, 2.24) is 10.3 Å². The number of carbonyl (C=O) groups excluding carboxylic acids is 1. The number of aromatic nitrogens is 1. The molecule has 0 unspecified atom stereocenters. The van der Waals surface area contributed by atoms with Crippen LogP contribution in [0.4, 0.5) is 4.39 Å². The first-order valence-electron chi connectivity index (χ1n) is 5.55. The first-order chi connectivity index (χ1) is 8.65. The zero-order valence-electron chi connectivity index (χ0n) is 9.94. The van der Waals surface area contributed by atoms with Crippen LogP contribution in [0.3, 0.4) is 0 Å². The number of nitrogens with one attached hydrogen (secondary N) is 1. The van der Waals surface area contributed by atoms with E-state index in [0.717, 1.165) is 16.1 Å². The van der Waals surface area contributed by atoms with Crippen molar-refractivity contribution in [3.8, 4) is 0 Å². The minimum atomic E-state index is -0.273. The van der Waals surface area contributed by atoms with Gasteiger partial charge in [-0.25, -0.2) is 9.37 Å². The highest BCUT2D eigenvalue weighted by molar-refractivity contribution is 7.09. The summed E-state index contributed by atoms with van der Waals surface area (Å²) in [7, 11) is 0. The molecule has 1 N–H and O–H groups in total. The van der Waals surface area contributed by atoms with Crippen LogP contribution >= 0.6 is 11.3 Å². The summed E-state index contributed by atoms with van der Waals surface area (Å²) in [5.41, 5.74) is 3.51. The van der Waals surface area contributed by atoms with E-state index in [0.29, 0.717) is 13.0 Å². The summed E-state index contributed by atoms with van der Waals surface area (Å²) in [6.07, 6.45) is 0.345. The zero-order valence-corrected chi connectivity index (χ0v) is 10.8. The molecule has 0 atom stereocenters. The van der Waals surface area contributed by atoms with E-state index in [1.165, 1.54) is 23.5 Å². The average molecular weight is 264 g/mol. The molecule has 0 aliphatic carbocycles. The van der Waals surface area contributed by atoms with Crippen molar-refractivity contribution in [2.75, 3.05) is 0 Å². The Morgan fingerprint density at radius 3 is 2.72 bits per heavy atom. The van der Waals surface area contributed by atoms with Gasteiger partial charge in [0.15, 0.2) is 0 Å². The van der Waals surface area contributed by atoms with Gasteiger partial charge in [0, 0.05) is 11.4 Å². The normalized spacial score (nSPS) is 10.3. The monoisotopic (exact) mass is 264 g/mol. The van der Waals surface area contributed by atoms with E-state index < -0.39 is 0 Å². The number of carbonyl (C=O) groups is 1. The van der Waals surface area contributed by atoms with Gasteiger partial charge in [-0.2, -0.15) is 0 Å². The Bertz CT molecular complexity index is 536. The van der Waals surface area contributed by atoms with Crippen LogP contribution in [0.5, 0.6) is 0 Å². The molecule has 1 amide bonds. The first kappa shape index (κ1) is 12.7. The SMILES string of the molecule is Cc1ncsc1CC(=O)NCc1ccc(F)cc1. The Morgan fingerprint density at radius 1 is 1.39 bits per heavy atom. The molecule has 0 saturated heterocycles. The molecule has 1 heterocycles. The molecule has 0 saturated carbocycles. The lowest BCUT2D eigenvalue weighted by molar-refractivity contribution is -0.120. The van der Waals surface area contributed by atoms with Gasteiger partial charge in [0.1, 0.15) is 5.82 Å². The molecule has 0 fully saturated rings. The van der Waals surface area contributed by atoms with Crippen LogP contribution in [-0.4, -0.2) is 10.9 Å². The van der Waals surface area contributed by atoms with Gasteiger partial charge in [-0.05, 0) is 24.6 Å². The molecule has 3 nitrogen and oxygen atoms in total. The molecule has 2 aromatic rings. The number of rotatable bonds is 4. The Kier molecular flexibility index (Phi) is 4.04. The van der Waals surface area contributed by atoms with Gasteiger partial charge in [0.2, 0.25) is 5.91 Å². The van der Waals surface area contributed by atoms with Gasteiger partial charge < -0.3 is 5.32 Å². The molecule has 1 aromatic heterocycles. The minimum absolute atomic E-state index is 0.0494. The number of aryl methyl sites for hydroxylation is 1. The molecule has 0 radical (unpaired) electrons. The van der Waals surface area contributed by atoms with Crippen LogP contribution in [0.25, 0.3) is 0 Å². The quantitative estimate of drug-likeness (QED) is 0.921. The number of benzene rings is 1. The molecule has 94 valence electrons. The van der Waals surface area contributed by atoms with E-state index in [-0.39, 0.29) is 11.7 Å². The van der Waals surface area contributed by atoms with Crippen molar-refractivity contribution in [2.24, 2.45) is 0 Å². The topological polar surface area (TPSA) is 42.0 Å². The lowest BCUT2D eigenvalue weighted by atomic mass is 10.2. The summed E-state index contributed by atoms with van der Waals surface area (Å²) >= 11 is 1.48. The average Bonchev–Trinajstić information content (AvgIpc) is 2.74. The lowest BCUT2D eigenvalue weighted by Crippen LogP contribution is -2.24. The second-order valence-electron chi connectivity index (χ2n) is 3.94. The van der Waals surface area contributed by atoms with Gasteiger partial charge in [-0.15, -0.1) is 11.3 Å². The number of nitrogens with zero attached hydrogens (tertiary/aromatic N) is 1. The summed E-state index contributed by atoms with van der Waals surface area (Å²) in [5, 5.41) is 2.80. The molecule has 2 rings (SSSR count). The van der Waals surface area contributed by atoms with Crippen molar-refractivity contribution in [3.05, 3.63) is 51.7 Å². The fourth-order valence-electron chi connectivity index (χ4n) is 1.51. The molecule has 18 heavy (non-hydrogen) atoms. The van der Waals surface area contributed by atoms with Gasteiger partial charge in [-0.1, -0.05) is 12.1 Å². The van der Waals surface area contributed by atoms with Crippen LogP contribution in [0, 0.1) is 12.7 Å². The minimum Gasteiger partial charge on any atom is -0.352 e. The van der Waals surface area contributed by atoms with E-state index in [1.807, 2.05) is 6.92 Å². The molecule has 5 heteroatoms. The third kappa shape index (κ3) is 3.37. The van der Waals surface area contributed by atoms with Gasteiger partial charge >= 0.3 is 0 Å². The van der Waals surface area contributed by atoms with E-state index in [2.05, 4.69) is 10.3 Å². The number of halogens is 1. The van der Waals surface area contributed by atoms with Crippen LogP contribution < -0.4 is 5.32 Å². The lowest BCUT2D eigenvalue weighted by Gasteiger charge is -2.04.